The van der Waals surface area contributed by atoms with Gasteiger partial charge in [0.15, 0.2) is 0 Å². The molecule has 1 aromatic carbocycles. The monoisotopic (exact) mass is 1370 g/mol. The van der Waals surface area contributed by atoms with E-state index in [0.29, 0.717) is 12.8 Å². The number of benzene rings is 1. The van der Waals surface area contributed by atoms with Crippen LogP contribution in [0.4, 0.5) is 0 Å². The zero-order valence-electron chi connectivity index (χ0n) is 57.5. The highest BCUT2D eigenvalue weighted by atomic mass is 16.5. The van der Waals surface area contributed by atoms with Crippen molar-refractivity contribution in [3.63, 3.8) is 0 Å². The van der Waals surface area contributed by atoms with Gasteiger partial charge in [-0.25, -0.2) is 4.79 Å². The lowest BCUT2D eigenvalue weighted by Crippen LogP contribution is -2.64. The number of aliphatic hydroxyl groups excluding tert-OH is 3. The maximum Gasteiger partial charge on any atom is 0.329 e. The second kappa shape index (κ2) is 39.4. The van der Waals surface area contributed by atoms with Crippen LogP contribution in [0, 0.1) is 29.6 Å². The molecule has 0 aliphatic carbocycles. The van der Waals surface area contributed by atoms with E-state index in [0.717, 1.165) is 37.0 Å². The molecule has 2 fully saturated rings. The average molecular weight is 1370 g/mol. The zero-order valence-corrected chi connectivity index (χ0v) is 57.5. The van der Waals surface area contributed by atoms with E-state index in [1.165, 1.54) is 92.8 Å². The number of nitrogens with two attached hydrogens (primary N) is 1. The van der Waals surface area contributed by atoms with Crippen LogP contribution in [0.15, 0.2) is 59.8 Å². The predicted molar refractivity (Wildman–Crippen MR) is 349 cm³/mol. The van der Waals surface area contributed by atoms with Crippen LogP contribution in [0.5, 0.6) is 5.75 Å². The normalized spacial score (nSPS) is 23.9. The third kappa shape index (κ3) is 24.6. The molecule has 0 aromatic heterocycles. The number of esters is 1. The number of carbonyl (C=O) groups is 13. The predicted octanol–water partition coefficient (Wildman–Crippen LogP) is -2.58. The SMILES string of the molecule is C/C=C(/NC(=O)[C@@H](NC(=O)CNC(=O)C(C)C(O)/C=C\C(C)=C\C(C)CC)[C@@H](C)O)C(=O)N[C@H](C(=O)N[C@@H]1C(=O)N[C@H](COC)C(=O)NCC(=O)N[C@@H](C)C(=O)N[C@@H]([C@@H](C)O)C(=O)N[C@@H](C(OC)c2ccc(O)cc2)C(=O)N2CCCC[C@H]2C(=O)O[C@@H]1C(C)C)[C@@H](C)[C@@H](C)C(N)=O. The van der Waals surface area contributed by atoms with Gasteiger partial charge in [-0.15, -0.1) is 0 Å². The summed E-state index contributed by atoms with van der Waals surface area (Å²) in [5.41, 5.74) is 6.25. The van der Waals surface area contributed by atoms with Gasteiger partial charge in [-0.05, 0) is 89.3 Å². The number of nitrogens with zero attached hydrogens (tertiary/aromatic N) is 1. The minimum Gasteiger partial charge on any atom is -0.508 e. The average Bonchev–Trinajstić information content (AvgIpc) is 0.804. The smallest absolute Gasteiger partial charge is 0.329 e. The number of allylic oxidation sites excluding steroid dienone is 4. The van der Waals surface area contributed by atoms with Gasteiger partial charge in [0.05, 0.1) is 43.9 Å². The van der Waals surface area contributed by atoms with Gasteiger partial charge in [0, 0.05) is 26.7 Å². The van der Waals surface area contributed by atoms with Gasteiger partial charge < -0.3 is 98.4 Å². The van der Waals surface area contributed by atoms with Gasteiger partial charge in [-0.2, -0.15) is 0 Å². The van der Waals surface area contributed by atoms with Crippen LogP contribution in [0.25, 0.3) is 0 Å². The molecule has 3 rings (SSSR count). The summed E-state index contributed by atoms with van der Waals surface area (Å²) in [7, 11) is 2.38. The highest BCUT2D eigenvalue weighted by Gasteiger charge is 2.46. The molecule has 4 unspecified atom stereocenters. The topological polar surface area (TPSA) is 480 Å². The van der Waals surface area contributed by atoms with Crippen molar-refractivity contribution in [1.82, 2.24) is 58.1 Å². The number of methoxy groups -OCH3 is 2. The summed E-state index contributed by atoms with van der Waals surface area (Å²) < 4.78 is 17.3. The molecule has 0 bridgehead atoms. The summed E-state index contributed by atoms with van der Waals surface area (Å²) in [6.07, 6.45) is -0.0395. The van der Waals surface area contributed by atoms with Crippen LogP contribution in [0.2, 0.25) is 0 Å². The Bertz CT molecular complexity index is 3050. The van der Waals surface area contributed by atoms with Crippen molar-refractivity contribution in [1.29, 1.82) is 0 Å². The van der Waals surface area contributed by atoms with Gasteiger partial charge in [-0.1, -0.05) is 96.9 Å². The maximum atomic E-state index is 15.3. The molecule has 2 aliphatic heterocycles. The number of fused-ring (bicyclic) bond motifs is 1. The molecule has 2 saturated heterocycles. The minimum absolute atomic E-state index is 0.0777. The molecule has 17 atom stereocenters. The van der Waals surface area contributed by atoms with Crippen LogP contribution < -0.4 is 58.9 Å². The van der Waals surface area contributed by atoms with Gasteiger partial charge in [0.1, 0.15) is 72.0 Å². The summed E-state index contributed by atoms with van der Waals surface area (Å²) in [4.78, 5) is 184. The van der Waals surface area contributed by atoms with E-state index in [2.05, 4.69) is 53.2 Å². The van der Waals surface area contributed by atoms with Crippen LogP contribution >= 0.6 is 0 Å². The Morgan fingerprint density at radius 1 is 0.794 bits per heavy atom. The molecule has 1 aromatic rings. The molecule has 540 valence electrons. The number of ether oxygens (including phenoxy) is 3. The highest BCUT2D eigenvalue weighted by Crippen LogP contribution is 2.29. The van der Waals surface area contributed by atoms with E-state index < -0.39 is 205 Å². The Hall–Kier alpha value is -8.85. The van der Waals surface area contributed by atoms with Crippen LogP contribution in [0.3, 0.4) is 0 Å². The quantitative estimate of drug-likeness (QED) is 0.0257. The Morgan fingerprint density at radius 3 is 2.00 bits per heavy atom. The number of phenols is 1. The van der Waals surface area contributed by atoms with Crippen molar-refractivity contribution in [2.24, 2.45) is 35.3 Å². The molecular weight excluding hydrogens is 1270 g/mol. The van der Waals surface area contributed by atoms with E-state index in [1.54, 1.807) is 6.08 Å². The number of aromatic hydroxyl groups is 1. The first-order chi connectivity index (χ1) is 45.5. The third-order valence-electron chi connectivity index (χ3n) is 16.7. The summed E-state index contributed by atoms with van der Waals surface area (Å²) in [5.74, 6) is -18.2. The first-order valence-electron chi connectivity index (χ1n) is 32.2. The van der Waals surface area contributed by atoms with E-state index >= 15 is 19.2 Å². The standard InChI is InChI=1S/C65H100N12O20/c1-15-32(5)27-33(6)20-25-45(81)36(9)56(85)67-29-47(83)72-49(38(11)78)61(90)70-42(16-2)59(88)73-48(34(7)35(8)55(66)84)60(89)75-51-53(31(3)4)97-65(94)44-19-17-18-26-77(44)64(93)52(54(96-14)40-21-23-41(80)24-22-40)76-62(91)50(39(12)79)74-57(86)37(10)69-46(82)28-68-58(87)43(30-95-13)71-63(51)92/h16,20-25,27,31-32,34-39,43-45,48-54,78-81H,15,17-19,26,28-30H2,1-14H3,(H2,66,84)(H,67,85)(H,68,87)(H,69,82)(H,70,90)(H,71,92)(H,72,83)(H,73,88)(H,74,86)(H,75,89)(H,76,91)/b25-20-,33-27+,42-16+/t32?,34-,35+,36?,37-,38+,39+,43+,44-,45?,48-,49-,50-,51-,52-,53+,54?/m0/s1. The number of hydrogen-bond acceptors (Lipinski definition) is 20. The molecule has 0 spiro atoms. The summed E-state index contributed by atoms with van der Waals surface area (Å²) in [6, 6.07) is -8.62. The molecule has 2 heterocycles. The van der Waals surface area contributed by atoms with Crippen molar-refractivity contribution in [2.75, 3.05) is 40.5 Å². The number of aliphatic hydroxyl groups is 3. The molecule has 0 radical (unpaired) electrons. The summed E-state index contributed by atoms with van der Waals surface area (Å²) in [6.45, 7) is 15.5. The molecule has 16 N–H and O–H groups in total. The van der Waals surface area contributed by atoms with Crippen molar-refractivity contribution < 1.29 is 97.0 Å². The summed E-state index contributed by atoms with van der Waals surface area (Å²) >= 11 is 0. The van der Waals surface area contributed by atoms with Gasteiger partial charge in [0.25, 0.3) is 5.91 Å². The number of rotatable bonds is 26. The van der Waals surface area contributed by atoms with Gasteiger partial charge in [0.2, 0.25) is 65.0 Å². The largest absolute Gasteiger partial charge is 0.508 e. The van der Waals surface area contributed by atoms with E-state index in [9.17, 15) is 63.6 Å². The summed E-state index contributed by atoms with van der Waals surface area (Å²) in [5, 5.41) is 66.4. The number of cyclic esters (lactones) is 1. The van der Waals surface area contributed by atoms with E-state index in [4.69, 9.17) is 19.9 Å². The van der Waals surface area contributed by atoms with Crippen molar-refractivity contribution >= 4 is 76.9 Å². The van der Waals surface area contributed by atoms with Crippen LogP contribution in [-0.4, -0.2) is 215 Å². The lowest BCUT2D eigenvalue weighted by atomic mass is 9.87. The lowest BCUT2D eigenvalue weighted by molar-refractivity contribution is -0.168. The van der Waals surface area contributed by atoms with Gasteiger partial charge in [-0.3, -0.25) is 57.5 Å². The second-order valence-electron chi connectivity index (χ2n) is 24.8. The fourth-order valence-corrected chi connectivity index (χ4v) is 10.4. The molecule has 2 aliphatic rings. The first kappa shape index (κ1) is 82.4. The molecule has 32 nitrogen and oxygen atoms in total. The molecule has 32 heteroatoms. The number of carbonyl (C=O) groups excluding carboxylic acids is 13. The highest BCUT2D eigenvalue weighted by molar-refractivity contribution is 6.03. The number of hydrogen-bond donors (Lipinski definition) is 15. The number of primary amides is 1. The minimum atomic E-state index is -2.08. The molecule has 97 heavy (non-hydrogen) atoms. The molecule has 12 amide bonds. The second-order valence-corrected chi connectivity index (χ2v) is 24.8. The van der Waals surface area contributed by atoms with E-state index in [-0.39, 0.29) is 30.2 Å². The maximum absolute atomic E-state index is 15.3. The van der Waals surface area contributed by atoms with Crippen molar-refractivity contribution in [3.8, 4) is 5.75 Å². The fourth-order valence-electron chi connectivity index (χ4n) is 10.4. The molecule has 0 saturated carbocycles. The lowest BCUT2D eigenvalue weighted by Gasteiger charge is -2.40. The van der Waals surface area contributed by atoms with Crippen LogP contribution in [-0.2, 0) is 76.5 Å². The zero-order chi connectivity index (χ0) is 73.3. The fraction of sp³-hybridized carbons (Fsp3) is 0.615. The third-order valence-corrected chi connectivity index (χ3v) is 16.7. The first-order valence-corrected chi connectivity index (χ1v) is 32.2. The Labute approximate surface area is 564 Å². The van der Waals surface area contributed by atoms with E-state index in [1.807, 2.05) is 26.8 Å². The number of phenolic OH excluding ortho intramolecular Hbond substituents is 1. The molecular formula is C65H100N12O20. The number of amides is 12. The van der Waals surface area contributed by atoms with Crippen molar-refractivity contribution in [3.05, 3.63) is 65.4 Å². The van der Waals surface area contributed by atoms with Crippen LogP contribution in [0.1, 0.15) is 120 Å². The Morgan fingerprint density at radius 2 is 1.43 bits per heavy atom. The Kier molecular flexibility index (Phi) is 33.4. The number of nitrogens with one attached hydrogen (secondary N) is 10. The number of piperidine rings is 1. The van der Waals surface area contributed by atoms with Gasteiger partial charge >= 0.3 is 5.97 Å². The van der Waals surface area contributed by atoms with Crippen molar-refractivity contribution in [2.45, 2.75) is 188 Å². The Balaban J connectivity index is 2.15.